The number of amides is 1. The topological polar surface area (TPSA) is 58.4 Å². The lowest BCUT2D eigenvalue weighted by Crippen LogP contribution is -2.33. The molecule has 0 aromatic rings. The molecular weight excluding hydrogens is 126 g/mol. The molecule has 0 bridgehead atoms. The molecule has 0 atom stereocenters. The highest BCUT2D eigenvalue weighted by Crippen LogP contribution is 1.88. The molecule has 0 unspecified atom stereocenters. The first-order valence-electron chi connectivity index (χ1n) is 2.06. The van der Waals surface area contributed by atoms with Crippen LogP contribution in [0.25, 0.3) is 0 Å². The second kappa shape index (κ2) is 1.68. The van der Waals surface area contributed by atoms with Crippen LogP contribution in [0.1, 0.15) is 0 Å². The minimum absolute atomic E-state index is 0.141. The normalized spacial score (nSPS) is 19.4. The number of carbonyl (C=O) groups is 1. The molecule has 8 heavy (non-hydrogen) atoms. The first kappa shape index (κ1) is 5.46. The van der Waals surface area contributed by atoms with Gasteiger partial charge in [0.05, 0.1) is 0 Å². The van der Waals surface area contributed by atoms with Crippen LogP contribution >= 0.6 is 12.2 Å². The third-order valence-electron chi connectivity index (χ3n) is 0.821. The maximum absolute atomic E-state index is 10.3. The Hall–Kier alpha value is -0.680. The number of nitrogens with zero attached hydrogens (tertiary/aromatic N) is 1. The first-order chi connectivity index (χ1) is 3.70. The molecule has 0 radical (unpaired) electrons. The molecule has 44 valence electrons. The molecule has 0 aliphatic carbocycles. The van der Waals surface area contributed by atoms with E-state index in [2.05, 4.69) is 17.5 Å². The number of rotatable bonds is 0. The van der Waals surface area contributed by atoms with Gasteiger partial charge in [0.15, 0.2) is 5.11 Å². The molecule has 0 spiro atoms. The van der Waals surface area contributed by atoms with Gasteiger partial charge in [-0.3, -0.25) is 9.80 Å². The van der Waals surface area contributed by atoms with Crippen LogP contribution in [0.3, 0.4) is 0 Å². The fourth-order valence-electron chi connectivity index (χ4n) is 0.457. The van der Waals surface area contributed by atoms with Gasteiger partial charge in [-0.2, -0.15) is 0 Å². The van der Waals surface area contributed by atoms with Crippen LogP contribution in [0, 0.1) is 0 Å². The maximum Gasteiger partial charge on any atom is 0.247 e. The van der Waals surface area contributed by atoms with Crippen LogP contribution in [-0.2, 0) is 4.79 Å². The van der Waals surface area contributed by atoms with Crippen molar-refractivity contribution < 1.29 is 4.79 Å². The Balaban J connectivity index is 2.64. The number of hydrogen-bond acceptors (Lipinski definition) is 3. The standard InChI is InChI=1S/C3H5N3OS/c4-6-1-2(7)5-3(6)8/h1,4H2,(H,5,7,8). The summed E-state index contributed by atoms with van der Waals surface area (Å²) in [5, 5.41) is 3.85. The van der Waals surface area contributed by atoms with Gasteiger partial charge in [0.2, 0.25) is 5.91 Å². The molecule has 3 N–H and O–H groups in total. The summed E-state index contributed by atoms with van der Waals surface area (Å²) in [6.07, 6.45) is 0. The Morgan fingerprint density at radius 1 is 1.88 bits per heavy atom. The van der Waals surface area contributed by atoms with E-state index < -0.39 is 0 Å². The summed E-state index contributed by atoms with van der Waals surface area (Å²) in [6.45, 7) is 0.179. The highest BCUT2D eigenvalue weighted by molar-refractivity contribution is 7.80. The lowest BCUT2D eigenvalue weighted by molar-refractivity contribution is -0.118. The lowest BCUT2D eigenvalue weighted by Gasteiger charge is -2.03. The SMILES string of the molecule is NN1CC(=O)NC1=S. The molecule has 0 aromatic carbocycles. The van der Waals surface area contributed by atoms with Crippen molar-refractivity contribution in [2.45, 2.75) is 0 Å². The van der Waals surface area contributed by atoms with Crippen LogP contribution in [0.4, 0.5) is 0 Å². The maximum atomic E-state index is 10.3. The molecule has 1 saturated heterocycles. The van der Waals surface area contributed by atoms with E-state index in [9.17, 15) is 4.79 Å². The van der Waals surface area contributed by atoms with Crippen molar-refractivity contribution >= 4 is 23.2 Å². The van der Waals surface area contributed by atoms with Crippen molar-refractivity contribution in [1.29, 1.82) is 0 Å². The predicted molar refractivity (Wildman–Crippen MR) is 31.6 cm³/mol. The summed E-state index contributed by atoms with van der Waals surface area (Å²) in [4.78, 5) is 10.3. The molecule has 1 aliphatic rings. The zero-order valence-electron chi connectivity index (χ0n) is 4.05. The van der Waals surface area contributed by atoms with Crippen molar-refractivity contribution in [2.24, 2.45) is 5.84 Å². The molecule has 1 fully saturated rings. The van der Waals surface area contributed by atoms with Crippen molar-refractivity contribution in [2.75, 3.05) is 6.54 Å². The van der Waals surface area contributed by atoms with Gasteiger partial charge in [-0.15, -0.1) is 0 Å². The van der Waals surface area contributed by atoms with E-state index in [-0.39, 0.29) is 12.5 Å². The van der Waals surface area contributed by atoms with Crippen molar-refractivity contribution in [3.05, 3.63) is 0 Å². The summed E-state index contributed by atoms with van der Waals surface area (Å²) in [6, 6.07) is 0. The quantitative estimate of drug-likeness (QED) is 0.313. The number of thiocarbonyl (C=S) groups is 1. The average molecular weight is 131 g/mol. The van der Waals surface area contributed by atoms with Gasteiger partial charge in [0, 0.05) is 0 Å². The van der Waals surface area contributed by atoms with Crippen LogP contribution in [-0.4, -0.2) is 22.6 Å². The van der Waals surface area contributed by atoms with Gasteiger partial charge in [-0.1, -0.05) is 0 Å². The molecule has 1 amide bonds. The van der Waals surface area contributed by atoms with Gasteiger partial charge in [0.25, 0.3) is 0 Å². The van der Waals surface area contributed by atoms with Crippen molar-refractivity contribution in [3.8, 4) is 0 Å². The highest BCUT2D eigenvalue weighted by Gasteiger charge is 2.19. The largest absolute Gasteiger partial charge is 0.300 e. The molecule has 0 aromatic heterocycles. The van der Waals surface area contributed by atoms with Crippen molar-refractivity contribution in [3.63, 3.8) is 0 Å². The van der Waals surface area contributed by atoms with E-state index in [4.69, 9.17) is 5.84 Å². The Morgan fingerprint density at radius 2 is 2.50 bits per heavy atom. The van der Waals surface area contributed by atoms with Crippen LogP contribution < -0.4 is 11.2 Å². The molecule has 4 nitrogen and oxygen atoms in total. The Bertz CT molecular complexity index is 145. The van der Waals surface area contributed by atoms with Gasteiger partial charge >= 0.3 is 0 Å². The molecule has 0 saturated carbocycles. The van der Waals surface area contributed by atoms with Gasteiger partial charge in [-0.25, -0.2) is 5.84 Å². The average Bonchev–Trinajstić information content (AvgIpc) is 1.85. The number of carbonyl (C=O) groups excluding carboxylic acids is 1. The lowest BCUT2D eigenvalue weighted by atomic mass is 10.7. The Labute approximate surface area is 51.6 Å². The predicted octanol–water partition coefficient (Wildman–Crippen LogP) is -1.42. The second-order valence-electron chi connectivity index (χ2n) is 1.48. The van der Waals surface area contributed by atoms with E-state index in [1.54, 1.807) is 0 Å². The highest BCUT2D eigenvalue weighted by atomic mass is 32.1. The van der Waals surface area contributed by atoms with Gasteiger partial charge in [-0.05, 0) is 12.2 Å². The molecule has 1 heterocycles. The summed E-state index contributed by atoms with van der Waals surface area (Å²) < 4.78 is 0. The minimum atomic E-state index is -0.141. The van der Waals surface area contributed by atoms with Gasteiger partial charge < -0.3 is 5.32 Å². The van der Waals surface area contributed by atoms with Gasteiger partial charge in [0.1, 0.15) is 6.54 Å². The summed E-state index contributed by atoms with van der Waals surface area (Å²) in [7, 11) is 0. The summed E-state index contributed by atoms with van der Waals surface area (Å²) in [5.41, 5.74) is 0. The smallest absolute Gasteiger partial charge is 0.247 e. The third kappa shape index (κ3) is 0.775. The van der Waals surface area contributed by atoms with E-state index in [1.165, 1.54) is 5.01 Å². The monoisotopic (exact) mass is 131 g/mol. The third-order valence-corrected chi connectivity index (χ3v) is 1.16. The minimum Gasteiger partial charge on any atom is -0.300 e. The molecular formula is C3H5N3OS. The van der Waals surface area contributed by atoms with Crippen LogP contribution in [0.2, 0.25) is 0 Å². The number of hydrogen-bond donors (Lipinski definition) is 2. The molecule has 1 rings (SSSR count). The zero-order valence-corrected chi connectivity index (χ0v) is 4.86. The summed E-state index contributed by atoms with van der Waals surface area (Å²) in [5.74, 6) is 5.04. The van der Waals surface area contributed by atoms with Crippen LogP contribution in [0.5, 0.6) is 0 Å². The number of nitrogens with one attached hydrogen (secondary N) is 1. The van der Waals surface area contributed by atoms with E-state index in [0.717, 1.165) is 0 Å². The van der Waals surface area contributed by atoms with E-state index in [1.807, 2.05) is 0 Å². The molecule has 5 heteroatoms. The second-order valence-corrected chi connectivity index (χ2v) is 1.87. The summed E-state index contributed by atoms with van der Waals surface area (Å²) >= 11 is 4.59. The fraction of sp³-hybridized carbons (Fsp3) is 0.333. The zero-order chi connectivity index (χ0) is 6.15. The number of hydrazine groups is 1. The number of nitrogens with two attached hydrogens (primary N) is 1. The first-order valence-corrected chi connectivity index (χ1v) is 2.47. The Kier molecular flexibility index (Phi) is 1.15. The van der Waals surface area contributed by atoms with Crippen molar-refractivity contribution in [1.82, 2.24) is 10.3 Å². The van der Waals surface area contributed by atoms with Crippen LogP contribution in [0.15, 0.2) is 0 Å². The van der Waals surface area contributed by atoms with E-state index >= 15 is 0 Å². The fourth-order valence-corrected chi connectivity index (χ4v) is 0.636. The molecule has 1 aliphatic heterocycles. The Morgan fingerprint density at radius 3 is 2.62 bits per heavy atom. The van der Waals surface area contributed by atoms with E-state index in [0.29, 0.717) is 5.11 Å².